The van der Waals surface area contributed by atoms with E-state index in [4.69, 9.17) is 16.3 Å². The minimum atomic E-state index is 0.549. The minimum absolute atomic E-state index is 0.549. The highest BCUT2D eigenvalue weighted by Gasteiger charge is 2.16. The first-order valence-electron chi connectivity index (χ1n) is 8.77. The second-order valence-corrected chi connectivity index (χ2v) is 7.39. The van der Waals surface area contributed by atoms with Crippen LogP contribution in [0.3, 0.4) is 0 Å². The molecule has 0 aliphatic rings. The van der Waals surface area contributed by atoms with Crippen molar-refractivity contribution < 1.29 is 4.74 Å². The topological polar surface area (TPSA) is 55.7 Å². The van der Waals surface area contributed by atoms with Gasteiger partial charge in [-0.3, -0.25) is 0 Å². The van der Waals surface area contributed by atoms with Crippen molar-refractivity contribution in [2.75, 3.05) is 12.4 Å². The van der Waals surface area contributed by atoms with E-state index in [-0.39, 0.29) is 0 Å². The Balaban J connectivity index is 1.47. The summed E-state index contributed by atoms with van der Waals surface area (Å²) in [4.78, 5) is 3.30. The van der Waals surface area contributed by atoms with Crippen molar-refractivity contribution in [3.63, 3.8) is 0 Å². The zero-order valence-electron chi connectivity index (χ0n) is 14.9. The molecule has 2 aromatic carbocycles. The first kappa shape index (κ1) is 17.9. The monoisotopic (exact) mass is 398 g/mol. The molecular weight excluding hydrogens is 380 g/mol. The second kappa shape index (κ2) is 8.06. The van der Waals surface area contributed by atoms with Crippen LogP contribution in [0.25, 0.3) is 22.3 Å². The molecule has 0 unspecified atom stereocenters. The highest BCUT2D eigenvalue weighted by Crippen LogP contribution is 2.30. The molecule has 0 aliphatic heterocycles. The Morgan fingerprint density at radius 2 is 1.93 bits per heavy atom. The normalized spacial score (nSPS) is 11.2. The van der Waals surface area contributed by atoms with Crippen molar-refractivity contribution in [2.45, 2.75) is 18.6 Å². The number of nitrogens with one attached hydrogen (secondary N) is 1. The van der Waals surface area contributed by atoms with Gasteiger partial charge in [0.25, 0.3) is 0 Å². The van der Waals surface area contributed by atoms with Gasteiger partial charge in [-0.25, -0.2) is 0 Å². The highest BCUT2D eigenvalue weighted by atomic mass is 35.5. The maximum Gasteiger partial charge on any atom is 0.191 e. The maximum absolute atomic E-state index is 6.11. The molecule has 0 amide bonds. The first-order valence-corrected chi connectivity index (χ1v) is 10.1. The van der Waals surface area contributed by atoms with Gasteiger partial charge in [-0.15, -0.1) is 10.2 Å². The van der Waals surface area contributed by atoms with Gasteiger partial charge in [0.2, 0.25) is 0 Å². The summed E-state index contributed by atoms with van der Waals surface area (Å²) in [7, 11) is 0. The summed E-state index contributed by atoms with van der Waals surface area (Å²) in [6, 6.07) is 15.7. The van der Waals surface area contributed by atoms with E-state index in [2.05, 4.69) is 38.8 Å². The fraction of sp³-hybridized carbons (Fsp3) is 0.200. The summed E-state index contributed by atoms with van der Waals surface area (Å²) in [6.45, 7) is 3.45. The van der Waals surface area contributed by atoms with E-state index >= 15 is 0 Å². The largest absolute Gasteiger partial charge is 0.491 e. The number of nitrogens with zero attached hydrogens (tertiary/aromatic N) is 3. The number of aromatic amines is 1. The molecule has 2 aromatic heterocycles. The van der Waals surface area contributed by atoms with E-state index in [0.29, 0.717) is 17.4 Å². The molecular formula is C20H19ClN4OS. The molecule has 0 fully saturated rings. The maximum atomic E-state index is 6.11. The molecule has 7 heteroatoms. The van der Waals surface area contributed by atoms with Crippen molar-refractivity contribution in [2.24, 2.45) is 0 Å². The lowest BCUT2D eigenvalue weighted by Gasteiger charge is -2.08. The average Bonchev–Trinajstić information content (AvgIpc) is 3.29. The minimum Gasteiger partial charge on any atom is -0.491 e. The van der Waals surface area contributed by atoms with E-state index < -0.39 is 0 Å². The fourth-order valence-corrected chi connectivity index (χ4v) is 3.99. The van der Waals surface area contributed by atoms with Gasteiger partial charge in [0.15, 0.2) is 11.0 Å². The van der Waals surface area contributed by atoms with E-state index in [1.807, 2.05) is 42.6 Å². The Hall–Kier alpha value is -2.44. The summed E-state index contributed by atoms with van der Waals surface area (Å²) in [5.41, 5.74) is 2.17. The van der Waals surface area contributed by atoms with Crippen LogP contribution in [0.4, 0.5) is 0 Å². The summed E-state index contributed by atoms with van der Waals surface area (Å²) in [5.74, 6) is 2.35. The predicted octanol–water partition coefficient (Wildman–Crippen LogP) is 5.27. The van der Waals surface area contributed by atoms with Crippen molar-refractivity contribution in [1.82, 2.24) is 19.7 Å². The quantitative estimate of drug-likeness (QED) is 0.340. The summed E-state index contributed by atoms with van der Waals surface area (Å²) >= 11 is 7.75. The number of H-pyrrole nitrogens is 1. The summed E-state index contributed by atoms with van der Waals surface area (Å²) in [5, 5.41) is 11.5. The number of hydrogen-bond donors (Lipinski definition) is 1. The molecule has 0 saturated heterocycles. The Morgan fingerprint density at radius 1 is 1.11 bits per heavy atom. The lowest BCUT2D eigenvalue weighted by atomic mass is 10.1. The standard InChI is InChI=1S/C20H19ClN4OS/c1-2-25-19(15-13-22-17-9-5-3-7-14(15)17)23-24-20(25)27-12-11-26-18-10-6-4-8-16(18)21/h3-10,13,22H,2,11-12H2,1H3. The molecule has 4 aromatic rings. The third-order valence-corrected chi connectivity index (χ3v) is 5.52. The molecule has 2 heterocycles. The van der Waals surface area contributed by atoms with Crippen LogP contribution < -0.4 is 4.74 Å². The van der Waals surface area contributed by atoms with Gasteiger partial charge < -0.3 is 14.3 Å². The van der Waals surface area contributed by atoms with Crippen LogP contribution in [0.1, 0.15) is 6.92 Å². The average molecular weight is 399 g/mol. The molecule has 4 rings (SSSR count). The molecule has 138 valence electrons. The number of ether oxygens (including phenoxy) is 1. The van der Waals surface area contributed by atoms with E-state index in [1.54, 1.807) is 11.8 Å². The van der Waals surface area contributed by atoms with E-state index in [9.17, 15) is 0 Å². The lowest BCUT2D eigenvalue weighted by Crippen LogP contribution is -2.03. The molecule has 0 atom stereocenters. The summed E-state index contributed by atoms with van der Waals surface area (Å²) in [6.07, 6.45) is 2.00. The van der Waals surface area contributed by atoms with Crippen LogP contribution in [0.15, 0.2) is 59.9 Å². The molecule has 27 heavy (non-hydrogen) atoms. The van der Waals surface area contributed by atoms with E-state index in [1.165, 1.54) is 0 Å². The van der Waals surface area contributed by atoms with Gasteiger partial charge in [0.05, 0.1) is 11.6 Å². The number of thioether (sulfide) groups is 1. The predicted molar refractivity (Wildman–Crippen MR) is 111 cm³/mol. The molecule has 0 radical (unpaired) electrons. The van der Waals surface area contributed by atoms with Crippen molar-refractivity contribution in [1.29, 1.82) is 0 Å². The Labute approximate surface area is 166 Å². The molecule has 1 N–H and O–H groups in total. The number of para-hydroxylation sites is 2. The third kappa shape index (κ3) is 3.68. The number of benzene rings is 2. The molecule has 5 nitrogen and oxygen atoms in total. The zero-order chi connectivity index (χ0) is 18.6. The first-order chi connectivity index (χ1) is 13.3. The Kier molecular flexibility index (Phi) is 5.36. The smallest absolute Gasteiger partial charge is 0.191 e. The molecule has 0 bridgehead atoms. The molecule has 0 aliphatic carbocycles. The zero-order valence-corrected chi connectivity index (χ0v) is 16.4. The number of aromatic nitrogens is 4. The van der Waals surface area contributed by atoms with Crippen molar-refractivity contribution in [3.05, 3.63) is 59.8 Å². The SMILES string of the molecule is CCn1c(SCCOc2ccccc2Cl)nnc1-c1c[nH]c2ccccc12. The van der Waals surface area contributed by atoms with Gasteiger partial charge in [0, 0.05) is 35.0 Å². The molecule has 0 spiro atoms. The van der Waals surface area contributed by atoms with Gasteiger partial charge in [-0.2, -0.15) is 0 Å². The number of fused-ring (bicyclic) bond motifs is 1. The van der Waals surface area contributed by atoms with Crippen molar-refractivity contribution >= 4 is 34.3 Å². The van der Waals surface area contributed by atoms with Gasteiger partial charge >= 0.3 is 0 Å². The van der Waals surface area contributed by atoms with Crippen LogP contribution >= 0.6 is 23.4 Å². The van der Waals surface area contributed by atoms with Crippen LogP contribution in [0.2, 0.25) is 5.02 Å². The third-order valence-electron chi connectivity index (χ3n) is 4.27. The van der Waals surface area contributed by atoms with Crippen LogP contribution in [-0.2, 0) is 6.54 Å². The fourth-order valence-electron chi connectivity index (χ4n) is 2.98. The van der Waals surface area contributed by atoms with Crippen LogP contribution in [-0.4, -0.2) is 32.1 Å². The molecule has 0 saturated carbocycles. The van der Waals surface area contributed by atoms with Gasteiger partial charge in [0.1, 0.15) is 5.75 Å². The number of rotatable bonds is 7. The van der Waals surface area contributed by atoms with E-state index in [0.717, 1.165) is 39.7 Å². The lowest BCUT2D eigenvalue weighted by molar-refractivity contribution is 0.344. The van der Waals surface area contributed by atoms with Crippen LogP contribution in [0.5, 0.6) is 5.75 Å². The summed E-state index contributed by atoms with van der Waals surface area (Å²) < 4.78 is 7.89. The Morgan fingerprint density at radius 3 is 2.78 bits per heavy atom. The van der Waals surface area contributed by atoms with Gasteiger partial charge in [-0.05, 0) is 25.1 Å². The van der Waals surface area contributed by atoms with Crippen molar-refractivity contribution in [3.8, 4) is 17.1 Å². The highest BCUT2D eigenvalue weighted by molar-refractivity contribution is 7.99. The van der Waals surface area contributed by atoms with Gasteiger partial charge in [-0.1, -0.05) is 53.7 Å². The second-order valence-electron chi connectivity index (χ2n) is 5.93. The Bertz CT molecular complexity index is 1060. The number of halogens is 1. The van der Waals surface area contributed by atoms with Crippen LogP contribution in [0, 0.1) is 0 Å². The number of hydrogen-bond acceptors (Lipinski definition) is 4.